The number of benzene rings is 1. The molecule has 32 heavy (non-hydrogen) atoms. The predicted octanol–water partition coefficient (Wildman–Crippen LogP) is 2.34. The maximum atomic E-state index is 13.6. The van der Waals surface area contributed by atoms with E-state index in [4.69, 9.17) is 0 Å². The highest BCUT2D eigenvalue weighted by atomic mass is 16.3. The Balaban J connectivity index is 2.26. The molecule has 4 rings (SSSR count). The molecule has 0 bridgehead atoms. The monoisotopic (exact) mass is 437 g/mol. The molecule has 0 fully saturated rings. The molecule has 3 aromatic heterocycles. The average Bonchev–Trinajstić information content (AvgIpc) is 3.16. The highest BCUT2D eigenvalue weighted by Crippen LogP contribution is 2.28. The number of aryl methyl sites for hydroxylation is 1. The molecule has 9 nitrogen and oxygen atoms in total. The van der Waals surface area contributed by atoms with E-state index in [1.165, 1.54) is 16.0 Å². The molecular formula is C23H27N5O4. The van der Waals surface area contributed by atoms with Crippen molar-refractivity contribution in [1.82, 2.24) is 23.1 Å². The second-order valence-corrected chi connectivity index (χ2v) is 8.45. The third-order valence-electron chi connectivity index (χ3n) is 5.61. The molecule has 1 aromatic carbocycles. The summed E-state index contributed by atoms with van der Waals surface area (Å²) >= 11 is 0. The van der Waals surface area contributed by atoms with Gasteiger partial charge in [0.25, 0.3) is 11.1 Å². The first-order chi connectivity index (χ1) is 15.3. The van der Waals surface area contributed by atoms with Crippen molar-refractivity contribution in [2.24, 2.45) is 13.0 Å². The molecule has 0 spiro atoms. The fourth-order valence-electron chi connectivity index (χ4n) is 4.01. The lowest BCUT2D eigenvalue weighted by molar-refractivity contribution is 0.410. The van der Waals surface area contributed by atoms with E-state index >= 15 is 0 Å². The first-order valence-electron chi connectivity index (χ1n) is 10.8. The van der Waals surface area contributed by atoms with Crippen molar-refractivity contribution in [3.05, 3.63) is 61.5 Å². The highest BCUT2D eigenvalue weighted by molar-refractivity contribution is 5.78. The van der Waals surface area contributed by atoms with E-state index in [9.17, 15) is 19.5 Å². The summed E-state index contributed by atoms with van der Waals surface area (Å²) in [4.78, 5) is 44.2. The standard InChI is InChI=1S/C23H27N5O4/c1-5-6-12-26-19(29)16(15-10-8-7-9-11-15)20(30)28-17-18(24-22(26)28)27(13-14(2)3)23(32)25(4)21(17)31/h7-11,14,29H,5-6,12-13H2,1-4H3. The maximum absolute atomic E-state index is 13.6. The van der Waals surface area contributed by atoms with Crippen molar-refractivity contribution in [2.75, 3.05) is 0 Å². The summed E-state index contributed by atoms with van der Waals surface area (Å²) in [6.45, 7) is 6.68. The number of hydrogen-bond donors (Lipinski definition) is 1. The van der Waals surface area contributed by atoms with Crippen molar-refractivity contribution >= 4 is 16.9 Å². The van der Waals surface area contributed by atoms with E-state index in [0.29, 0.717) is 18.7 Å². The first-order valence-corrected chi connectivity index (χ1v) is 10.8. The number of nitrogens with zero attached hydrogens (tertiary/aromatic N) is 5. The van der Waals surface area contributed by atoms with Crippen molar-refractivity contribution in [2.45, 2.75) is 46.7 Å². The second kappa shape index (κ2) is 8.14. The van der Waals surface area contributed by atoms with Crippen molar-refractivity contribution < 1.29 is 5.11 Å². The zero-order valence-corrected chi connectivity index (χ0v) is 18.7. The van der Waals surface area contributed by atoms with E-state index in [2.05, 4.69) is 4.98 Å². The van der Waals surface area contributed by atoms with Gasteiger partial charge >= 0.3 is 5.69 Å². The molecule has 0 saturated heterocycles. The maximum Gasteiger partial charge on any atom is 0.332 e. The van der Waals surface area contributed by atoms with Gasteiger partial charge in [0.2, 0.25) is 11.7 Å². The zero-order valence-electron chi connectivity index (χ0n) is 18.7. The Morgan fingerprint density at radius 3 is 2.34 bits per heavy atom. The molecule has 3 heterocycles. The molecule has 0 aliphatic rings. The molecule has 9 heteroatoms. The van der Waals surface area contributed by atoms with Crippen LogP contribution >= 0.6 is 0 Å². The van der Waals surface area contributed by atoms with E-state index in [1.807, 2.05) is 26.8 Å². The van der Waals surface area contributed by atoms with Crippen LogP contribution in [0.3, 0.4) is 0 Å². The summed E-state index contributed by atoms with van der Waals surface area (Å²) in [7, 11) is 1.40. The normalized spacial score (nSPS) is 11.8. The summed E-state index contributed by atoms with van der Waals surface area (Å²) in [6.07, 6.45) is 1.60. The Bertz CT molecular complexity index is 1490. The second-order valence-electron chi connectivity index (χ2n) is 8.45. The summed E-state index contributed by atoms with van der Waals surface area (Å²) in [6, 6.07) is 8.85. The molecule has 0 aliphatic heterocycles. The summed E-state index contributed by atoms with van der Waals surface area (Å²) in [5.41, 5.74) is -0.811. The minimum absolute atomic E-state index is 0.0372. The van der Waals surface area contributed by atoms with Crippen molar-refractivity contribution in [1.29, 1.82) is 0 Å². The molecule has 1 N–H and O–H groups in total. The number of hydrogen-bond acceptors (Lipinski definition) is 5. The SMILES string of the molecule is CCCCn1c(O)c(-c2ccccc2)c(=O)n2c3c(=O)n(C)c(=O)n(CC(C)C)c3nc12. The van der Waals surface area contributed by atoms with Gasteiger partial charge < -0.3 is 5.11 Å². The molecule has 4 aromatic rings. The van der Waals surface area contributed by atoms with Gasteiger partial charge in [0.05, 0.1) is 0 Å². The first kappa shape index (κ1) is 21.6. The van der Waals surface area contributed by atoms with Gasteiger partial charge in [-0.2, -0.15) is 4.98 Å². The fraction of sp³-hybridized carbons (Fsp3) is 0.391. The molecular weight excluding hydrogens is 410 g/mol. The Morgan fingerprint density at radius 2 is 1.72 bits per heavy atom. The lowest BCUT2D eigenvalue weighted by Gasteiger charge is -2.14. The summed E-state index contributed by atoms with van der Waals surface area (Å²) in [5.74, 6) is 0.0632. The predicted molar refractivity (Wildman–Crippen MR) is 123 cm³/mol. The Labute approximate surface area is 183 Å². The van der Waals surface area contributed by atoms with E-state index in [-0.39, 0.29) is 34.3 Å². The van der Waals surface area contributed by atoms with Crippen LogP contribution in [-0.2, 0) is 20.1 Å². The van der Waals surface area contributed by atoms with E-state index in [1.54, 1.807) is 28.8 Å². The topological polar surface area (TPSA) is 104 Å². The lowest BCUT2D eigenvalue weighted by Crippen LogP contribution is -2.39. The summed E-state index contributed by atoms with van der Waals surface area (Å²) < 4.78 is 5.23. The van der Waals surface area contributed by atoms with Crippen LogP contribution in [0.1, 0.15) is 33.6 Å². The molecule has 0 radical (unpaired) electrons. The van der Waals surface area contributed by atoms with Crippen LogP contribution in [-0.4, -0.2) is 28.2 Å². The summed E-state index contributed by atoms with van der Waals surface area (Å²) in [5, 5.41) is 11.1. The Morgan fingerprint density at radius 1 is 1.03 bits per heavy atom. The Hall–Kier alpha value is -3.62. The number of aromatic nitrogens is 5. The van der Waals surface area contributed by atoms with Gasteiger partial charge in [0, 0.05) is 20.1 Å². The van der Waals surface area contributed by atoms with Gasteiger partial charge in [-0.3, -0.25) is 23.3 Å². The number of aromatic hydroxyl groups is 1. The van der Waals surface area contributed by atoms with E-state index in [0.717, 1.165) is 17.4 Å². The van der Waals surface area contributed by atoms with Crippen molar-refractivity contribution in [3.8, 4) is 17.0 Å². The largest absolute Gasteiger partial charge is 0.494 e. The fourth-order valence-corrected chi connectivity index (χ4v) is 4.01. The van der Waals surface area contributed by atoms with Crippen molar-refractivity contribution in [3.63, 3.8) is 0 Å². The van der Waals surface area contributed by atoms with Crippen LogP contribution in [0.4, 0.5) is 0 Å². The minimum atomic E-state index is -0.596. The third kappa shape index (κ3) is 3.24. The molecule has 0 atom stereocenters. The number of unbranched alkanes of at least 4 members (excludes halogenated alkanes) is 1. The zero-order chi connectivity index (χ0) is 23.2. The van der Waals surface area contributed by atoms with Gasteiger partial charge in [-0.1, -0.05) is 57.5 Å². The number of rotatable bonds is 6. The van der Waals surface area contributed by atoms with Gasteiger partial charge in [-0.25, -0.2) is 9.20 Å². The van der Waals surface area contributed by atoms with Gasteiger partial charge in [0.1, 0.15) is 5.56 Å². The molecule has 0 amide bonds. The van der Waals surface area contributed by atoms with Crippen LogP contribution in [0, 0.1) is 5.92 Å². The van der Waals surface area contributed by atoms with Gasteiger partial charge in [-0.15, -0.1) is 0 Å². The number of imidazole rings is 1. The molecule has 0 unspecified atom stereocenters. The lowest BCUT2D eigenvalue weighted by atomic mass is 10.1. The molecule has 168 valence electrons. The van der Waals surface area contributed by atoms with Crippen LogP contribution in [0.15, 0.2) is 44.7 Å². The number of fused-ring (bicyclic) bond motifs is 3. The van der Waals surface area contributed by atoms with Gasteiger partial charge in [0.15, 0.2) is 11.2 Å². The van der Waals surface area contributed by atoms with Crippen LogP contribution in [0.5, 0.6) is 5.88 Å². The Kier molecular flexibility index (Phi) is 5.50. The molecule has 0 aliphatic carbocycles. The van der Waals surface area contributed by atoms with Gasteiger partial charge in [-0.05, 0) is 17.9 Å². The van der Waals surface area contributed by atoms with Crippen LogP contribution in [0.25, 0.3) is 28.1 Å². The average molecular weight is 438 g/mol. The quantitative estimate of drug-likeness (QED) is 0.499. The van der Waals surface area contributed by atoms with Crippen LogP contribution < -0.4 is 16.8 Å². The van der Waals surface area contributed by atoms with E-state index < -0.39 is 16.8 Å². The minimum Gasteiger partial charge on any atom is -0.494 e. The highest BCUT2D eigenvalue weighted by Gasteiger charge is 2.25. The third-order valence-corrected chi connectivity index (χ3v) is 5.61. The molecule has 0 saturated carbocycles. The van der Waals surface area contributed by atoms with Crippen LogP contribution in [0.2, 0.25) is 0 Å². The smallest absolute Gasteiger partial charge is 0.332 e.